The van der Waals surface area contributed by atoms with Gasteiger partial charge in [-0.1, -0.05) is 12.1 Å². The van der Waals surface area contributed by atoms with E-state index in [0.717, 1.165) is 37.6 Å². The maximum absolute atomic E-state index is 12.8. The number of hydrogen-bond donors (Lipinski definition) is 2. The van der Waals surface area contributed by atoms with Crippen molar-refractivity contribution in [3.05, 3.63) is 54.1 Å². The summed E-state index contributed by atoms with van der Waals surface area (Å²) in [6, 6.07) is 13.7. The van der Waals surface area contributed by atoms with Crippen molar-refractivity contribution in [3.63, 3.8) is 0 Å². The molecule has 1 aliphatic heterocycles. The second-order valence-corrected chi connectivity index (χ2v) is 10.3. The summed E-state index contributed by atoms with van der Waals surface area (Å²) in [5, 5.41) is 2.97. The standard InChI is InChI=1S/C22H30N4O3S/c1-22(2,3)24-30(28,29)18-11-9-17(10-12-18)21(27)23-19-7-5-6-8-20(19)26-15-13-25(4)14-16-26/h5-12,24H,13-16H2,1-4H3,(H,23,27). The van der Waals surface area contributed by atoms with Gasteiger partial charge in [-0.05, 0) is 64.2 Å². The first kappa shape index (κ1) is 22.3. The van der Waals surface area contributed by atoms with Crippen LogP contribution in [-0.2, 0) is 10.0 Å². The molecule has 1 fully saturated rings. The van der Waals surface area contributed by atoms with Gasteiger partial charge in [-0.3, -0.25) is 4.79 Å². The minimum absolute atomic E-state index is 0.131. The van der Waals surface area contributed by atoms with E-state index in [4.69, 9.17) is 0 Å². The van der Waals surface area contributed by atoms with E-state index in [1.54, 1.807) is 20.8 Å². The van der Waals surface area contributed by atoms with E-state index >= 15 is 0 Å². The van der Waals surface area contributed by atoms with E-state index in [1.807, 2.05) is 24.3 Å². The molecule has 0 atom stereocenters. The molecule has 3 rings (SSSR count). The van der Waals surface area contributed by atoms with Gasteiger partial charge in [-0.2, -0.15) is 0 Å². The Balaban J connectivity index is 1.74. The Morgan fingerprint density at radius 1 is 0.933 bits per heavy atom. The zero-order chi connectivity index (χ0) is 21.9. The maximum atomic E-state index is 12.8. The molecule has 0 aromatic heterocycles. The van der Waals surface area contributed by atoms with Gasteiger partial charge in [0.1, 0.15) is 0 Å². The van der Waals surface area contributed by atoms with E-state index < -0.39 is 15.6 Å². The maximum Gasteiger partial charge on any atom is 0.255 e. The van der Waals surface area contributed by atoms with Crippen LogP contribution in [0.15, 0.2) is 53.4 Å². The van der Waals surface area contributed by atoms with Crippen molar-refractivity contribution in [1.82, 2.24) is 9.62 Å². The number of likely N-dealkylation sites (N-methyl/N-ethyl adjacent to an activating group) is 1. The van der Waals surface area contributed by atoms with Gasteiger partial charge in [-0.15, -0.1) is 0 Å². The van der Waals surface area contributed by atoms with Gasteiger partial charge < -0.3 is 15.1 Å². The largest absolute Gasteiger partial charge is 0.367 e. The summed E-state index contributed by atoms with van der Waals surface area (Å²) >= 11 is 0. The fourth-order valence-electron chi connectivity index (χ4n) is 3.34. The zero-order valence-electron chi connectivity index (χ0n) is 18.0. The van der Waals surface area contributed by atoms with Crippen LogP contribution in [-0.4, -0.2) is 58.0 Å². The van der Waals surface area contributed by atoms with Crippen molar-refractivity contribution in [2.24, 2.45) is 0 Å². The normalized spacial score (nSPS) is 15.8. The van der Waals surface area contributed by atoms with Crippen LogP contribution in [0.4, 0.5) is 11.4 Å². The smallest absolute Gasteiger partial charge is 0.255 e. The Bertz CT molecular complexity index is 990. The Hall–Kier alpha value is -2.42. The molecule has 0 saturated carbocycles. The summed E-state index contributed by atoms with van der Waals surface area (Å²) < 4.78 is 27.5. The molecular formula is C22H30N4O3S. The molecule has 1 aliphatic rings. The molecule has 162 valence electrons. The van der Waals surface area contributed by atoms with Gasteiger partial charge in [-0.25, -0.2) is 13.1 Å². The highest BCUT2D eigenvalue weighted by Crippen LogP contribution is 2.27. The first-order chi connectivity index (χ1) is 14.0. The van der Waals surface area contributed by atoms with Crippen molar-refractivity contribution in [2.75, 3.05) is 43.4 Å². The zero-order valence-corrected chi connectivity index (χ0v) is 18.8. The van der Waals surface area contributed by atoms with Crippen LogP contribution in [0.25, 0.3) is 0 Å². The Labute approximate surface area is 179 Å². The monoisotopic (exact) mass is 430 g/mol. The molecule has 0 radical (unpaired) electrons. The van der Waals surface area contributed by atoms with Gasteiger partial charge in [0.15, 0.2) is 0 Å². The summed E-state index contributed by atoms with van der Waals surface area (Å²) in [5.41, 5.74) is 1.56. The van der Waals surface area contributed by atoms with E-state index in [2.05, 4.69) is 26.9 Å². The number of rotatable bonds is 5. The summed E-state index contributed by atoms with van der Waals surface area (Å²) in [6.07, 6.45) is 0. The first-order valence-electron chi connectivity index (χ1n) is 10.0. The lowest BCUT2D eigenvalue weighted by Crippen LogP contribution is -2.44. The fourth-order valence-corrected chi connectivity index (χ4v) is 4.76. The van der Waals surface area contributed by atoms with Crippen molar-refractivity contribution < 1.29 is 13.2 Å². The van der Waals surface area contributed by atoms with E-state index in [9.17, 15) is 13.2 Å². The molecule has 30 heavy (non-hydrogen) atoms. The highest BCUT2D eigenvalue weighted by molar-refractivity contribution is 7.89. The molecule has 0 bridgehead atoms. The van der Waals surface area contributed by atoms with Crippen molar-refractivity contribution in [2.45, 2.75) is 31.2 Å². The van der Waals surface area contributed by atoms with Gasteiger partial charge in [0.05, 0.1) is 16.3 Å². The number of para-hydroxylation sites is 2. The molecule has 2 aromatic carbocycles. The van der Waals surface area contributed by atoms with E-state index in [1.165, 1.54) is 24.3 Å². The van der Waals surface area contributed by atoms with Crippen LogP contribution >= 0.6 is 0 Å². The predicted molar refractivity (Wildman–Crippen MR) is 121 cm³/mol. The molecule has 2 aromatic rings. The fraction of sp³-hybridized carbons (Fsp3) is 0.409. The number of amides is 1. The number of anilines is 2. The van der Waals surface area contributed by atoms with Crippen LogP contribution in [0.1, 0.15) is 31.1 Å². The van der Waals surface area contributed by atoms with Crippen LogP contribution in [0, 0.1) is 0 Å². The third-order valence-corrected chi connectivity index (χ3v) is 6.64. The highest BCUT2D eigenvalue weighted by Gasteiger charge is 2.22. The molecule has 8 heteroatoms. The number of piperazine rings is 1. The van der Waals surface area contributed by atoms with Crippen LogP contribution < -0.4 is 14.9 Å². The number of benzene rings is 2. The third kappa shape index (κ3) is 5.59. The lowest BCUT2D eigenvalue weighted by Gasteiger charge is -2.35. The van der Waals surface area contributed by atoms with E-state index in [0.29, 0.717) is 5.56 Å². The number of nitrogens with zero attached hydrogens (tertiary/aromatic N) is 2. The molecule has 1 amide bonds. The molecule has 2 N–H and O–H groups in total. The topological polar surface area (TPSA) is 81.8 Å². The average molecular weight is 431 g/mol. The van der Waals surface area contributed by atoms with Gasteiger partial charge in [0.25, 0.3) is 5.91 Å². The summed E-state index contributed by atoms with van der Waals surface area (Å²) in [7, 11) is -1.53. The minimum atomic E-state index is -3.64. The molecule has 7 nitrogen and oxygen atoms in total. The molecule has 1 heterocycles. The van der Waals surface area contributed by atoms with Gasteiger partial charge in [0.2, 0.25) is 10.0 Å². The molecular weight excluding hydrogens is 400 g/mol. The highest BCUT2D eigenvalue weighted by atomic mass is 32.2. The summed E-state index contributed by atoms with van der Waals surface area (Å²) in [6.45, 7) is 9.09. The first-order valence-corrected chi connectivity index (χ1v) is 11.5. The summed E-state index contributed by atoms with van der Waals surface area (Å²) in [4.78, 5) is 17.5. The SMILES string of the molecule is CN1CCN(c2ccccc2NC(=O)c2ccc(S(=O)(=O)NC(C)(C)C)cc2)CC1. The van der Waals surface area contributed by atoms with Crippen LogP contribution in [0.5, 0.6) is 0 Å². The third-order valence-electron chi connectivity index (χ3n) is 4.86. The Morgan fingerprint density at radius 3 is 2.13 bits per heavy atom. The van der Waals surface area contributed by atoms with E-state index in [-0.39, 0.29) is 10.8 Å². The second kappa shape index (κ2) is 8.75. The van der Waals surface area contributed by atoms with Gasteiger partial charge in [0, 0.05) is 37.3 Å². The van der Waals surface area contributed by atoms with Crippen molar-refractivity contribution in [1.29, 1.82) is 0 Å². The number of hydrogen-bond acceptors (Lipinski definition) is 5. The second-order valence-electron chi connectivity index (χ2n) is 8.64. The minimum Gasteiger partial charge on any atom is -0.367 e. The van der Waals surface area contributed by atoms with Crippen molar-refractivity contribution in [3.8, 4) is 0 Å². The van der Waals surface area contributed by atoms with Gasteiger partial charge >= 0.3 is 0 Å². The molecule has 0 spiro atoms. The molecule has 0 unspecified atom stereocenters. The molecule has 1 saturated heterocycles. The van der Waals surface area contributed by atoms with Crippen LogP contribution in [0.2, 0.25) is 0 Å². The lowest BCUT2D eigenvalue weighted by molar-refractivity contribution is 0.102. The predicted octanol–water partition coefficient (Wildman–Crippen LogP) is 2.77. The number of sulfonamides is 1. The van der Waals surface area contributed by atoms with Crippen molar-refractivity contribution >= 4 is 27.3 Å². The average Bonchev–Trinajstić information content (AvgIpc) is 2.67. The number of carbonyl (C=O) groups is 1. The Morgan fingerprint density at radius 2 is 1.53 bits per heavy atom. The van der Waals surface area contributed by atoms with Crippen LogP contribution in [0.3, 0.4) is 0 Å². The summed E-state index contributed by atoms with van der Waals surface area (Å²) in [5.74, 6) is -0.274. The number of nitrogens with one attached hydrogen (secondary N) is 2. The Kier molecular flexibility index (Phi) is 6.50. The number of carbonyl (C=O) groups excluding carboxylic acids is 1. The lowest BCUT2D eigenvalue weighted by atomic mass is 10.1. The quantitative estimate of drug-likeness (QED) is 0.762. The molecule has 0 aliphatic carbocycles.